The summed E-state index contributed by atoms with van der Waals surface area (Å²) in [5.74, 6) is 0. The molecule has 0 amide bonds. The number of hydrogen-bond acceptors (Lipinski definition) is 2. The van der Waals surface area contributed by atoms with Crippen LogP contribution in [0.1, 0.15) is 23.2 Å². The molecular weight excluding hydrogens is 409 g/mol. The molecule has 4 nitrogen and oxygen atoms in total. The van der Waals surface area contributed by atoms with Crippen LogP contribution in [-0.4, -0.2) is 8.42 Å². The van der Waals surface area contributed by atoms with Gasteiger partial charge in [-0.15, -0.1) is 12.1 Å². The fraction of sp³-hybridized carbons (Fsp3) is 0.133. The van der Waals surface area contributed by atoms with E-state index in [4.69, 9.17) is 5.73 Å². The molecule has 1 aliphatic rings. The van der Waals surface area contributed by atoms with E-state index in [0.717, 1.165) is 5.56 Å². The second-order valence-electron chi connectivity index (χ2n) is 4.45. The summed E-state index contributed by atoms with van der Waals surface area (Å²) < 4.78 is 27.7. The van der Waals surface area contributed by atoms with Gasteiger partial charge in [-0.1, -0.05) is 54.1 Å². The van der Waals surface area contributed by atoms with E-state index in [2.05, 4.69) is 14.4 Å². The summed E-state index contributed by atoms with van der Waals surface area (Å²) in [4.78, 5) is 0.230. The average Bonchev–Trinajstić information content (AvgIpc) is 2.82. The normalized spacial score (nSPS) is 19.1. The molecule has 0 saturated heterocycles. The molecule has 22 heavy (non-hydrogen) atoms. The summed E-state index contributed by atoms with van der Waals surface area (Å²) in [5, 5.41) is 0. The molecule has 3 rings (SSSR count). The van der Waals surface area contributed by atoms with Crippen molar-refractivity contribution in [2.45, 2.75) is 17.0 Å². The van der Waals surface area contributed by atoms with Gasteiger partial charge in [-0.3, -0.25) is 0 Å². The predicted octanol–water partition coefficient (Wildman–Crippen LogP) is 4.73. The number of rotatable bonds is 2. The number of nitrogens with zero attached hydrogens (tertiary/aromatic N) is 1. The Hall–Kier alpha value is -0.777. The minimum absolute atomic E-state index is 0. The van der Waals surface area contributed by atoms with Crippen molar-refractivity contribution in [3.8, 4) is 0 Å². The molecule has 2 aromatic rings. The minimum Gasteiger partial charge on any atom is -0.672 e. The van der Waals surface area contributed by atoms with Crippen molar-refractivity contribution >= 4 is 19.7 Å². The number of fused-ring (bicyclic) bond motifs is 1. The predicted molar refractivity (Wildman–Crippen MR) is 85.5 cm³/mol. The van der Waals surface area contributed by atoms with E-state index in [9.17, 15) is 8.42 Å². The van der Waals surface area contributed by atoms with E-state index in [1.807, 2.05) is 47.6 Å². The van der Waals surface area contributed by atoms with Gasteiger partial charge in [-0.05, 0) is 11.6 Å². The summed E-state index contributed by atoms with van der Waals surface area (Å²) >= 11 is 1.82. The monoisotopic (exact) mass is 424 g/mol. The molecule has 0 saturated carbocycles. The largest absolute Gasteiger partial charge is 0.672 e. The van der Waals surface area contributed by atoms with E-state index in [1.165, 1.54) is 0 Å². The number of nitrogens with one attached hydrogen (secondary N) is 1. The van der Waals surface area contributed by atoms with Crippen molar-refractivity contribution in [1.29, 1.82) is 0 Å². The van der Waals surface area contributed by atoms with Gasteiger partial charge in [0, 0.05) is 4.90 Å². The molecule has 0 aromatic heterocycles. The molecular formula is C15H15ClN2O2RuS. The number of halogens is 1. The van der Waals surface area contributed by atoms with Crippen molar-refractivity contribution in [1.82, 2.24) is 0 Å². The first-order chi connectivity index (χ1) is 10.1. The first kappa shape index (κ1) is 19.3. The molecule has 1 heterocycles. The maximum atomic E-state index is 11.9. The number of hydrogen-bond donors (Lipinski definition) is 0. The van der Waals surface area contributed by atoms with Crippen LogP contribution in [0.25, 0.3) is 10.5 Å². The van der Waals surface area contributed by atoms with Crippen LogP contribution in [0.4, 0.5) is 0 Å². The average molecular weight is 424 g/mol. The van der Waals surface area contributed by atoms with Crippen molar-refractivity contribution in [3.05, 3.63) is 83.6 Å². The third kappa shape index (κ3) is 3.76. The minimum atomic E-state index is -3.60. The Balaban J connectivity index is 0.000000775. The van der Waals surface area contributed by atoms with E-state index in [0.29, 0.717) is 5.56 Å². The van der Waals surface area contributed by atoms with Gasteiger partial charge in [-0.25, -0.2) is 8.42 Å². The maximum absolute atomic E-state index is 11.9. The second-order valence-corrected chi connectivity index (χ2v) is 6.05. The van der Waals surface area contributed by atoms with Crippen LogP contribution in [0.15, 0.2) is 59.5 Å². The molecule has 0 unspecified atom stereocenters. The molecule has 1 aliphatic heterocycles. The first-order valence-corrected chi connectivity index (χ1v) is 9.73. The quantitative estimate of drug-likeness (QED) is 0.517. The Morgan fingerprint density at radius 2 is 1.59 bits per heavy atom. The van der Waals surface area contributed by atoms with Gasteiger partial charge in [0.25, 0.3) is 0 Å². The van der Waals surface area contributed by atoms with Gasteiger partial charge in [-0.2, -0.15) is 0 Å². The van der Waals surface area contributed by atoms with Crippen molar-refractivity contribution < 1.29 is 25.7 Å². The summed E-state index contributed by atoms with van der Waals surface area (Å²) in [5.41, 5.74) is 9.64. The maximum Gasteiger partial charge on any atom is 0.101 e. The fourth-order valence-electron chi connectivity index (χ4n) is 2.31. The smallest absolute Gasteiger partial charge is 0.101 e. The zero-order valence-electron chi connectivity index (χ0n) is 11.8. The van der Waals surface area contributed by atoms with Gasteiger partial charge >= 0.3 is 27.0 Å². The van der Waals surface area contributed by atoms with Crippen LogP contribution in [0.3, 0.4) is 0 Å². The molecule has 0 radical (unpaired) electrons. The van der Waals surface area contributed by atoms with Gasteiger partial charge < -0.3 is 17.9 Å². The molecule has 7 heteroatoms. The van der Waals surface area contributed by atoms with Crippen LogP contribution < -0.4 is 0 Å². The van der Waals surface area contributed by atoms with Crippen LogP contribution in [-0.2, 0) is 27.3 Å². The van der Waals surface area contributed by atoms with Crippen LogP contribution in [0, 0.1) is 7.43 Å². The Morgan fingerprint density at radius 1 is 1.05 bits per heavy atom. The SMILES string of the molecule is [CH3-].[Cl][Ru+3].[NH-][C@H](c1ccccc1)[C@@H]1[N-]S(=O)(=O)c2ccccc21. The summed E-state index contributed by atoms with van der Waals surface area (Å²) in [6.45, 7) is 0. The van der Waals surface area contributed by atoms with Crippen molar-refractivity contribution in [2.24, 2.45) is 0 Å². The van der Waals surface area contributed by atoms with Crippen LogP contribution in [0.2, 0.25) is 0 Å². The molecule has 118 valence electrons. The molecule has 0 fully saturated rings. The molecule has 2 aromatic carbocycles. The van der Waals surface area contributed by atoms with E-state index < -0.39 is 22.1 Å². The first-order valence-electron chi connectivity index (χ1n) is 6.05. The molecule has 0 bridgehead atoms. The molecule has 0 spiro atoms. The van der Waals surface area contributed by atoms with Gasteiger partial charge in [0.15, 0.2) is 0 Å². The summed E-state index contributed by atoms with van der Waals surface area (Å²) in [6, 6.07) is 14.6. The fourth-order valence-corrected chi connectivity index (χ4v) is 3.69. The van der Waals surface area contributed by atoms with Gasteiger partial charge in [0.2, 0.25) is 0 Å². The van der Waals surface area contributed by atoms with Crippen molar-refractivity contribution in [2.75, 3.05) is 0 Å². The number of benzene rings is 2. The molecule has 2 atom stereocenters. The topological polar surface area (TPSA) is 72.0 Å². The second kappa shape index (κ2) is 8.18. The van der Waals surface area contributed by atoms with Crippen molar-refractivity contribution in [3.63, 3.8) is 0 Å². The third-order valence-electron chi connectivity index (χ3n) is 3.24. The molecule has 1 N–H and O–H groups in total. The summed E-state index contributed by atoms with van der Waals surface area (Å²) in [7, 11) is 0.966. The Bertz CT molecular complexity index is 710. The Labute approximate surface area is 145 Å². The van der Waals surface area contributed by atoms with Crippen LogP contribution >= 0.6 is 9.69 Å². The van der Waals surface area contributed by atoms with Gasteiger partial charge in [0.1, 0.15) is 10.0 Å². The van der Waals surface area contributed by atoms with E-state index in [-0.39, 0.29) is 12.3 Å². The number of sulfonamides is 1. The standard InChI is InChI=1S/C14H12N2O2S.CH3.ClH.Ru/c15-13(10-6-2-1-3-7-10)14-11-8-4-5-9-12(11)19(17,18)16-14;;;/h1-9,13-15H;1H3;1H;/q-2;-1;;+4/p-1/t13-,14-;;;/m1.../s1. The third-order valence-corrected chi connectivity index (χ3v) is 4.67. The van der Waals surface area contributed by atoms with Crippen LogP contribution in [0.5, 0.6) is 0 Å². The van der Waals surface area contributed by atoms with Gasteiger partial charge in [0.05, 0.1) is 0 Å². The Kier molecular flexibility index (Phi) is 7.17. The van der Waals surface area contributed by atoms with E-state index in [1.54, 1.807) is 24.3 Å². The Morgan fingerprint density at radius 3 is 2.23 bits per heavy atom. The van der Waals surface area contributed by atoms with E-state index >= 15 is 0 Å². The zero-order chi connectivity index (χ0) is 15.5. The summed E-state index contributed by atoms with van der Waals surface area (Å²) in [6.07, 6.45) is 0. The molecule has 0 aliphatic carbocycles. The zero-order valence-corrected chi connectivity index (χ0v) is 15.1.